The number of halogens is 1. The second-order valence-electron chi connectivity index (χ2n) is 7.22. The molecule has 132 valence electrons. The van der Waals surface area contributed by atoms with Crippen molar-refractivity contribution in [3.8, 4) is 0 Å². The monoisotopic (exact) mass is 349 g/mol. The van der Waals surface area contributed by atoms with E-state index in [-0.39, 0.29) is 11.8 Å². The molecule has 4 nitrogen and oxygen atoms in total. The Morgan fingerprint density at radius 3 is 2.79 bits per heavy atom. The van der Waals surface area contributed by atoms with Crippen molar-refractivity contribution in [1.82, 2.24) is 15.1 Å². The summed E-state index contributed by atoms with van der Waals surface area (Å²) in [6.45, 7) is 4.96. The van der Waals surface area contributed by atoms with Crippen LogP contribution in [0.15, 0.2) is 24.3 Å². The largest absolute Gasteiger partial charge is 0.352 e. The van der Waals surface area contributed by atoms with Crippen LogP contribution in [0.3, 0.4) is 0 Å². The summed E-state index contributed by atoms with van der Waals surface area (Å²) >= 11 is 6.00. The molecule has 2 fully saturated rings. The highest BCUT2D eigenvalue weighted by atomic mass is 35.5. The quantitative estimate of drug-likeness (QED) is 0.907. The van der Waals surface area contributed by atoms with E-state index >= 15 is 0 Å². The molecule has 0 aromatic heterocycles. The molecule has 1 aromatic rings. The predicted molar refractivity (Wildman–Crippen MR) is 98.1 cm³/mol. The lowest BCUT2D eigenvalue weighted by molar-refractivity contribution is -0.127. The van der Waals surface area contributed by atoms with Gasteiger partial charge in [0.05, 0.1) is 5.92 Å². The minimum atomic E-state index is 0.123. The number of hydrogen-bond acceptors (Lipinski definition) is 3. The van der Waals surface area contributed by atoms with Crippen LogP contribution in [0.1, 0.15) is 31.2 Å². The number of hydrogen-bond donors (Lipinski definition) is 1. The topological polar surface area (TPSA) is 35.6 Å². The molecule has 1 amide bonds. The van der Waals surface area contributed by atoms with Crippen LogP contribution >= 0.6 is 11.6 Å². The predicted octanol–water partition coefficient (Wildman–Crippen LogP) is 2.76. The number of carbonyl (C=O) groups excluding carboxylic acids is 1. The Bertz CT molecular complexity index is 557. The third kappa shape index (κ3) is 4.71. The van der Waals surface area contributed by atoms with Crippen LogP contribution in [0.5, 0.6) is 0 Å². The molecule has 1 unspecified atom stereocenters. The summed E-state index contributed by atoms with van der Waals surface area (Å²) in [5.74, 6) is 0.310. The average Bonchev–Trinajstić information content (AvgIpc) is 2.60. The number of piperidine rings is 2. The van der Waals surface area contributed by atoms with Gasteiger partial charge in [0.25, 0.3) is 0 Å². The van der Waals surface area contributed by atoms with Gasteiger partial charge in [0.15, 0.2) is 0 Å². The van der Waals surface area contributed by atoms with Crippen molar-refractivity contribution in [2.75, 3.05) is 33.2 Å². The van der Waals surface area contributed by atoms with Crippen LogP contribution in [-0.2, 0) is 11.3 Å². The number of likely N-dealkylation sites (tertiary alicyclic amines) is 2. The first-order chi connectivity index (χ1) is 11.6. The maximum Gasteiger partial charge on any atom is 0.224 e. The third-order valence-corrected chi connectivity index (χ3v) is 5.62. The molecule has 0 spiro atoms. The molecule has 2 saturated heterocycles. The lowest BCUT2D eigenvalue weighted by Crippen LogP contribution is -2.50. The molecule has 5 heteroatoms. The highest BCUT2D eigenvalue weighted by Crippen LogP contribution is 2.23. The molecule has 1 N–H and O–H groups in total. The van der Waals surface area contributed by atoms with Crippen LogP contribution in [0.25, 0.3) is 0 Å². The van der Waals surface area contributed by atoms with Crippen LogP contribution in [-0.4, -0.2) is 55.0 Å². The Balaban J connectivity index is 1.49. The first-order valence-electron chi connectivity index (χ1n) is 9.06. The van der Waals surface area contributed by atoms with Gasteiger partial charge in [0, 0.05) is 24.2 Å². The van der Waals surface area contributed by atoms with Crippen molar-refractivity contribution in [1.29, 1.82) is 0 Å². The second-order valence-corrected chi connectivity index (χ2v) is 7.65. The average molecular weight is 350 g/mol. The van der Waals surface area contributed by atoms with E-state index in [1.54, 1.807) is 0 Å². The molecular weight excluding hydrogens is 322 g/mol. The second kappa shape index (κ2) is 8.32. The molecule has 1 atom stereocenters. The van der Waals surface area contributed by atoms with E-state index in [4.69, 9.17) is 11.6 Å². The highest BCUT2D eigenvalue weighted by molar-refractivity contribution is 6.30. The van der Waals surface area contributed by atoms with Crippen molar-refractivity contribution in [3.05, 3.63) is 34.9 Å². The molecule has 24 heavy (non-hydrogen) atoms. The third-order valence-electron chi connectivity index (χ3n) is 5.38. The van der Waals surface area contributed by atoms with E-state index in [9.17, 15) is 4.79 Å². The number of benzene rings is 1. The molecule has 0 aliphatic carbocycles. The molecule has 3 rings (SSSR count). The van der Waals surface area contributed by atoms with E-state index in [2.05, 4.69) is 22.2 Å². The zero-order valence-corrected chi connectivity index (χ0v) is 15.3. The fourth-order valence-corrected chi connectivity index (χ4v) is 4.11. The molecule has 0 saturated carbocycles. The van der Waals surface area contributed by atoms with Gasteiger partial charge in [-0.15, -0.1) is 0 Å². The van der Waals surface area contributed by atoms with Crippen LogP contribution in [0.2, 0.25) is 5.02 Å². The number of amides is 1. The van der Waals surface area contributed by atoms with Crippen LogP contribution in [0, 0.1) is 5.92 Å². The standard InChI is InChI=1S/C19H28ClN3O/c1-22-10-7-18(8-11-22)23-9-3-5-16(14-23)19(24)21-13-15-4-2-6-17(20)12-15/h2,4,6,12,16,18H,3,5,7-11,13-14H2,1H3,(H,21,24). The smallest absolute Gasteiger partial charge is 0.224 e. The Morgan fingerprint density at radius 2 is 2.04 bits per heavy atom. The number of rotatable bonds is 4. The summed E-state index contributed by atoms with van der Waals surface area (Å²) in [4.78, 5) is 17.5. The summed E-state index contributed by atoms with van der Waals surface area (Å²) < 4.78 is 0. The maximum absolute atomic E-state index is 12.6. The maximum atomic E-state index is 12.6. The van der Waals surface area contributed by atoms with Crippen molar-refractivity contribution < 1.29 is 4.79 Å². The SMILES string of the molecule is CN1CCC(N2CCCC(C(=O)NCc3cccc(Cl)c3)C2)CC1. The zero-order chi connectivity index (χ0) is 16.9. The molecule has 2 aliphatic heterocycles. The van der Waals surface area contributed by atoms with E-state index in [0.717, 1.165) is 31.5 Å². The molecule has 1 aromatic carbocycles. The lowest BCUT2D eigenvalue weighted by atomic mass is 9.93. The molecule has 2 heterocycles. The van der Waals surface area contributed by atoms with Crippen LogP contribution < -0.4 is 5.32 Å². The van der Waals surface area contributed by atoms with Gasteiger partial charge in [-0.1, -0.05) is 23.7 Å². The minimum absolute atomic E-state index is 0.123. The Hall–Kier alpha value is -1.10. The Labute approximate surface area is 150 Å². The van der Waals surface area contributed by atoms with E-state index < -0.39 is 0 Å². The van der Waals surface area contributed by atoms with Gasteiger partial charge in [0.2, 0.25) is 5.91 Å². The zero-order valence-electron chi connectivity index (χ0n) is 14.5. The molecule has 0 bridgehead atoms. The van der Waals surface area contributed by atoms with E-state index in [0.29, 0.717) is 17.6 Å². The van der Waals surface area contributed by atoms with Gasteiger partial charge >= 0.3 is 0 Å². The van der Waals surface area contributed by atoms with Crippen LogP contribution in [0.4, 0.5) is 0 Å². The minimum Gasteiger partial charge on any atom is -0.352 e. The summed E-state index contributed by atoms with van der Waals surface area (Å²) in [5, 5.41) is 3.81. The Morgan fingerprint density at radius 1 is 1.25 bits per heavy atom. The Kier molecular flexibility index (Phi) is 6.14. The summed E-state index contributed by atoms with van der Waals surface area (Å²) in [5.41, 5.74) is 1.05. The first-order valence-corrected chi connectivity index (χ1v) is 9.44. The van der Waals surface area contributed by atoms with Crippen molar-refractivity contribution in [2.45, 2.75) is 38.3 Å². The van der Waals surface area contributed by atoms with Crippen molar-refractivity contribution in [2.24, 2.45) is 5.92 Å². The number of nitrogens with one attached hydrogen (secondary N) is 1. The fourth-order valence-electron chi connectivity index (χ4n) is 3.89. The van der Waals surface area contributed by atoms with Crippen molar-refractivity contribution >= 4 is 17.5 Å². The first kappa shape index (κ1) is 17.7. The summed E-state index contributed by atoms with van der Waals surface area (Å²) in [6.07, 6.45) is 4.59. The molecule has 0 radical (unpaired) electrons. The van der Waals surface area contributed by atoms with E-state index in [1.807, 2.05) is 24.3 Å². The van der Waals surface area contributed by atoms with Gasteiger partial charge in [-0.2, -0.15) is 0 Å². The van der Waals surface area contributed by atoms with Gasteiger partial charge in [0.1, 0.15) is 0 Å². The normalized spacial score (nSPS) is 24.0. The van der Waals surface area contributed by atoms with Gasteiger partial charge in [-0.05, 0) is 70.1 Å². The molecule has 2 aliphatic rings. The lowest BCUT2D eigenvalue weighted by Gasteiger charge is -2.41. The van der Waals surface area contributed by atoms with Gasteiger partial charge < -0.3 is 10.2 Å². The summed E-state index contributed by atoms with van der Waals surface area (Å²) in [7, 11) is 2.19. The van der Waals surface area contributed by atoms with Crippen molar-refractivity contribution in [3.63, 3.8) is 0 Å². The summed E-state index contributed by atoms with van der Waals surface area (Å²) in [6, 6.07) is 8.34. The number of carbonyl (C=O) groups is 1. The number of nitrogens with zero attached hydrogens (tertiary/aromatic N) is 2. The van der Waals surface area contributed by atoms with Gasteiger partial charge in [-0.3, -0.25) is 9.69 Å². The highest BCUT2D eigenvalue weighted by Gasteiger charge is 2.30. The fraction of sp³-hybridized carbons (Fsp3) is 0.632. The van der Waals surface area contributed by atoms with Gasteiger partial charge in [-0.25, -0.2) is 0 Å². The van der Waals surface area contributed by atoms with E-state index in [1.165, 1.54) is 25.9 Å². The molecular formula is C19H28ClN3O.